The minimum Gasteiger partial charge on any atom is -0.494 e. The van der Waals surface area contributed by atoms with E-state index in [0.717, 1.165) is 0 Å². The van der Waals surface area contributed by atoms with Crippen LogP contribution in [0.5, 0.6) is 5.75 Å². The van der Waals surface area contributed by atoms with E-state index in [1.54, 1.807) is 19.1 Å². The van der Waals surface area contributed by atoms with Crippen molar-refractivity contribution >= 4 is 10.0 Å². The van der Waals surface area contributed by atoms with Crippen LogP contribution in [0.2, 0.25) is 0 Å². The summed E-state index contributed by atoms with van der Waals surface area (Å²) >= 11 is 0. The summed E-state index contributed by atoms with van der Waals surface area (Å²) in [6.07, 6.45) is 5.20. The molecule has 20 heavy (non-hydrogen) atoms. The van der Waals surface area contributed by atoms with Gasteiger partial charge in [0.05, 0.1) is 18.0 Å². The molecule has 0 aliphatic heterocycles. The van der Waals surface area contributed by atoms with Crippen molar-refractivity contribution in [2.45, 2.75) is 25.3 Å². The molecule has 0 aromatic heterocycles. The standard InChI is InChI=1S/C14H20N2O3S/c1-4-9-16(5-2)20(17,18)13-7-8-14(19-6-3)12(10-13)11-15/h1,7-8,10H,5-6,9,11,15H2,2-3H3. The van der Waals surface area contributed by atoms with Crippen LogP contribution in [-0.2, 0) is 16.6 Å². The van der Waals surface area contributed by atoms with Crippen molar-refractivity contribution in [3.8, 4) is 18.1 Å². The number of hydrogen-bond acceptors (Lipinski definition) is 4. The summed E-state index contributed by atoms with van der Waals surface area (Å²) in [6.45, 7) is 4.67. The van der Waals surface area contributed by atoms with E-state index in [1.807, 2.05) is 6.92 Å². The Morgan fingerprint density at radius 2 is 2.10 bits per heavy atom. The lowest BCUT2D eigenvalue weighted by Gasteiger charge is -2.19. The zero-order chi connectivity index (χ0) is 15.2. The molecule has 0 spiro atoms. The van der Waals surface area contributed by atoms with Gasteiger partial charge in [-0.3, -0.25) is 0 Å². The summed E-state index contributed by atoms with van der Waals surface area (Å²) in [5.74, 6) is 2.96. The van der Waals surface area contributed by atoms with E-state index < -0.39 is 10.0 Å². The summed E-state index contributed by atoms with van der Waals surface area (Å²) in [7, 11) is -3.60. The van der Waals surface area contributed by atoms with E-state index in [9.17, 15) is 8.42 Å². The van der Waals surface area contributed by atoms with Gasteiger partial charge in [-0.05, 0) is 25.1 Å². The Morgan fingerprint density at radius 1 is 1.40 bits per heavy atom. The van der Waals surface area contributed by atoms with Gasteiger partial charge in [-0.2, -0.15) is 4.31 Å². The maximum Gasteiger partial charge on any atom is 0.243 e. The second-order valence-electron chi connectivity index (χ2n) is 4.04. The molecule has 0 radical (unpaired) electrons. The molecule has 0 saturated heterocycles. The zero-order valence-electron chi connectivity index (χ0n) is 11.8. The molecule has 0 fully saturated rings. The van der Waals surface area contributed by atoms with Crippen LogP contribution in [0.1, 0.15) is 19.4 Å². The van der Waals surface area contributed by atoms with E-state index >= 15 is 0 Å². The lowest BCUT2D eigenvalue weighted by atomic mass is 10.2. The average molecular weight is 296 g/mol. The van der Waals surface area contributed by atoms with Crippen molar-refractivity contribution in [1.82, 2.24) is 4.31 Å². The van der Waals surface area contributed by atoms with Gasteiger partial charge < -0.3 is 10.5 Å². The average Bonchev–Trinajstić information content (AvgIpc) is 2.45. The molecule has 0 aliphatic rings. The van der Waals surface area contributed by atoms with E-state index in [0.29, 0.717) is 24.5 Å². The van der Waals surface area contributed by atoms with Crippen LogP contribution in [0, 0.1) is 12.3 Å². The molecule has 1 aromatic carbocycles. The van der Waals surface area contributed by atoms with Gasteiger partial charge in [-0.1, -0.05) is 12.8 Å². The van der Waals surface area contributed by atoms with Crippen molar-refractivity contribution in [3.63, 3.8) is 0 Å². The normalized spacial score (nSPS) is 11.3. The monoisotopic (exact) mass is 296 g/mol. The fourth-order valence-electron chi connectivity index (χ4n) is 1.79. The molecule has 0 saturated carbocycles. The highest BCUT2D eigenvalue weighted by molar-refractivity contribution is 7.89. The molecule has 0 unspecified atom stereocenters. The fourth-order valence-corrected chi connectivity index (χ4v) is 3.20. The van der Waals surface area contributed by atoms with Crippen molar-refractivity contribution < 1.29 is 13.2 Å². The molecular weight excluding hydrogens is 276 g/mol. The van der Waals surface area contributed by atoms with Crippen LogP contribution < -0.4 is 10.5 Å². The van der Waals surface area contributed by atoms with E-state index in [1.165, 1.54) is 10.4 Å². The van der Waals surface area contributed by atoms with Crippen molar-refractivity contribution in [3.05, 3.63) is 23.8 Å². The second kappa shape index (κ2) is 7.29. The molecule has 2 N–H and O–H groups in total. The predicted octanol–water partition coefficient (Wildman–Crippen LogP) is 1.19. The predicted molar refractivity (Wildman–Crippen MR) is 78.8 cm³/mol. The first kappa shape index (κ1) is 16.5. The first-order valence-electron chi connectivity index (χ1n) is 6.40. The van der Waals surface area contributed by atoms with Gasteiger partial charge in [-0.25, -0.2) is 8.42 Å². The third-order valence-electron chi connectivity index (χ3n) is 2.81. The van der Waals surface area contributed by atoms with Gasteiger partial charge in [0.15, 0.2) is 0 Å². The Kier molecular flexibility index (Phi) is 6.02. The molecule has 0 heterocycles. The summed E-state index contributed by atoms with van der Waals surface area (Å²) in [4.78, 5) is 0.179. The number of hydrogen-bond donors (Lipinski definition) is 1. The van der Waals surface area contributed by atoms with Crippen LogP contribution in [-0.4, -0.2) is 32.4 Å². The van der Waals surface area contributed by atoms with Crippen LogP contribution in [0.15, 0.2) is 23.1 Å². The SMILES string of the molecule is C#CCN(CC)S(=O)(=O)c1ccc(OCC)c(CN)c1. The Morgan fingerprint density at radius 3 is 2.60 bits per heavy atom. The fraction of sp³-hybridized carbons (Fsp3) is 0.429. The van der Waals surface area contributed by atoms with Crippen LogP contribution in [0.25, 0.3) is 0 Å². The number of nitrogens with zero attached hydrogens (tertiary/aromatic N) is 1. The van der Waals surface area contributed by atoms with Gasteiger partial charge in [-0.15, -0.1) is 6.42 Å². The smallest absolute Gasteiger partial charge is 0.243 e. The Balaban J connectivity index is 3.22. The number of nitrogens with two attached hydrogens (primary N) is 1. The molecule has 110 valence electrons. The molecule has 0 amide bonds. The summed E-state index contributed by atoms with van der Waals surface area (Å²) in [5, 5.41) is 0. The molecule has 5 nitrogen and oxygen atoms in total. The number of sulfonamides is 1. The van der Waals surface area contributed by atoms with Crippen molar-refractivity contribution in [1.29, 1.82) is 0 Å². The Labute approximate surface area is 120 Å². The minimum absolute atomic E-state index is 0.0456. The zero-order valence-corrected chi connectivity index (χ0v) is 12.6. The topological polar surface area (TPSA) is 72.6 Å². The van der Waals surface area contributed by atoms with Gasteiger partial charge in [0.2, 0.25) is 10.0 Å². The highest BCUT2D eigenvalue weighted by atomic mass is 32.2. The lowest BCUT2D eigenvalue weighted by molar-refractivity contribution is 0.336. The molecule has 0 atom stereocenters. The quantitative estimate of drug-likeness (QED) is 0.767. The van der Waals surface area contributed by atoms with E-state index in [-0.39, 0.29) is 18.0 Å². The van der Waals surface area contributed by atoms with Gasteiger partial charge in [0.25, 0.3) is 0 Å². The maximum absolute atomic E-state index is 12.4. The first-order chi connectivity index (χ1) is 9.51. The van der Waals surface area contributed by atoms with Crippen molar-refractivity contribution in [2.75, 3.05) is 19.7 Å². The highest BCUT2D eigenvalue weighted by Crippen LogP contribution is 2.24. The van der Waals surface area contributed by atoms with E-state index in [4.69, 9.17) is 16.9 Å². The molecule has 0 bridgehead atoms. The van der Waals surface area contributed by atoms with Crippen LogP contribution >= 0.6 is 0 Å². The maximum atomic E-state index is 12.4. The summed E-state index contributed by atoms with van der Waals surface area (Å²) in [5.41, 5.74) is 6.30. The third kappa shape index (κ3) is 3.51. The van der Waals surface area contributed by atoms with Crippen molar-refractivity contribution in [2.24, 2.45) is 5.73 Å². The van der Waals surface area contributed by atoms with Gasteiger partial charge in [0, 0.05) is 18.7 Å². The molecule has 1 aromatic rings. The molecular formula is C14H20N2O3S. The molecule has 1 rings (SSSR count). The highest BCUT2D eigenvalue weighted by Gasteiger charge is 2.23. The number of terminal acetylenes is 1. The van der Waals surface area contributed by atoms with E-state index in [2.05, 4.69) is 5.92 Å². The number of benzene rings is 1. The minimum atomic E-state index is -3.60. The summed E-state index contributed by atoms with van der Waals surface area (Å²) < 4.78 is 31.5. The molecule has 6 heteroatoms. The lowest BCUT2D eigenvalue weighted by Crippen LogP contribution is -2.31. The van der Waals surface area contributed by atoms with Gasteiger partial charge in [0.1, 0.15) is 5.75 Å². The van der Waals surface area contributed by atoms with Crippen LogP contribution in [0.3, 0.4) is 0 Å². The van der Waals surface area contributed by atoms with Crippen LogP contribution in [0.4, 0.5) is 0 Å². The number of rotatable bonds is 7. The largest absolute Gasteiger partial charge is 0.494 e. The second-order valence-corrected chi connectivity index (χ2v) is 5.98. The Bertz CT molecular complexity index is 591. The first-order valence-corrected chi connectivity index (χ1v) is 7.84. The third-order valence-corrected chi connectivity index (χ3v) is 4.73. The Hall–Kier alpha value is -1.55. The summed E-state index contributed by atoms with van der Waals surface area (Å²) in [6, 6.07) is 4.68. The number of ether oxygens (including phenoxy) is 1. The molecule has 0 aliphatic carbocycles. The van der Waals surface area contributed by atoms with Gasteiger partial charge >= 0.3 is 0 Å².